The summed E-state index contributed by atoms with van der Waals surface area (Å²) in [6.45, 7) is 2.91. The number of rotatable bonds is 2. The summed E-state index contributed by atoms with van der Waals surface area (Å²) < 4.78 is 0. The molecule has 0 spiro atoms. The molecule has 0 saturated carbocycles. The molecule has 0 aromatic carbocycles. The van der Waals surface area contributed by atoms with E-state index in [0.29, 0.717) is 5.92 Å². The van der Waals surface area contributed by atoms with Crippen molar-refractivity contribution in [2.24, 2.45) is 5.92 Å². The van der Waals surface area contributed by atoms with E-state index in [1.165, 1.54) is 0 Å². The van der Waals surface area contributed by atoms with Gasteiger partial charge in [0.15, 0.2) is 0 Å². The van der Waals surface area contributed by atoms with Crippen LogP contribution in [0.4, 0.5) is 0 Å². The normalized spacial score (nSPS) is 35.3. The minimum absolute atomic E-state index is 0.0801. The van der Waals surface area contributed by atoms with Gasteiger partial charge >= 0.3 is 0 Å². The Hall–Kier alpha value is -0.610. The highest BCUT2D eigenvalue weighted by atomic mass is 16.3. The van der Waals surface area contributed by atoms with Crippen molar-refractivity contribution < 1.29 is 9.90 Å². The van der Waals surface area contributed by atoms with Crippen LogP contribution in [0.25, 0.3) is 0 Å². The molecule has 2 aliphatic heterocycles. The number of aliphatic hydroxyl groups is 1. The van der Waals surface area contributed by atoms with Gasteiger partial charge in [-0.25, -0.2) is 0 Å². The molecule has 2 heterocycles. The van der Waals surface area contributed by atoms with Crippen LogP contribution in [0, 0.1) is 5.92 Å². The highest BCUT2D eigenvalue weighted by molar-refractivity contribution is 5.83. The smallest absolute Gasteiger partial charge is 0.237 e. The summed E-state index contributed by atoms with van der Waals surface area (Å²) in [5.74, 6) is 0.548. The Bertz CT molecular complexity index is 208. The van der Waals surface area contributed by atoms with Crippen LogP contribution in [0.15, 0.2) is 0 Å². The van der Waals surface area contributed by atoms with Gasteiger partial charge in [-0.15, -0.1) is 0 Å². The maximum absolute atomic E-state index is 11.3. The largest absolute Gasteiger partial charge is 0.396 e. The third-order valence-corrected chi connectivity index (χ3v) is 3.04. The summed E-state index contributed by atoms with van der Waals surface area (Å²) in [5, 5.41) is 11.8. The van der Waals surface area contributed by atoms with Gasteiger partial charge in [-0.1, -0.05) is 0 Å². The molecule has 13 heavy (non-hydrogen) atoms. The predicted molar refractivity (Wildman–Crippen MR) is 48.2 cm³/mol. The lowest BCUT2D eigenvalue weighted by molar-refractivity contribution is -0.123. The molecular weight excluding hydrogens is 168 g/mol. The first-order valence-corrected chi connectivity index (χ1v) is 4.94. The van der Waals surface area contributed by atoms with Crippen molar-refractivity contribution in [3.63, 3.8) is 0 Å². The van der Waals surface area contributed by atoms with E-state index in [-0.39, 0.29) is 18.6 Å². The second kappa shape index (κ2) is 3.64. The zero-order chi connectivity index (χ0) is 9.26. The van der Waals surface area contributed by atoms with Crippen molar-refractivity contribution in [3.8, 4) is 0 Å². The zero-order valence-electron chi connectivity index (χ0n) is 7.70. The van der Waals surface area contributed by atoms with E-state index in [0.717, 1.165) is 32.5 Å². The predicted octanol–water partition coefficient (Wildman–Crippen LogP) is -0.811. The summed E-state index contributed by atoms with van der Waals surface area (Å²) in [6, 6.07) is 0.0801. The molecule has 0 bridgehead atoms. The molecule has 0 aliphatic carbocycles. The molecule has 4 heteroatoms. The summed E-state index contributed by atoms with van der Waals surface area (Å²) in [6.07, 6.45) is 1.96. The molecule has 74 valence electrons. The minimum atomic E-state index is 0.0801. The van der Waals surface area contributed by atoms with Gasteiger partial charge in [0.2, 0.25) is 5.91 Å². The zero-order valence-corrected chi connectivity index (χ0v) is 7.70. The number of hydrogen-bond acceptors (Lipinski definition) is 3. The van der Waals surface area contributed by atoms with E-state index in [1.807, 2.05) is 0 Å². The number of nitrogens with zero attached hydrogens (tertiary/aromatic N) is 1. The third-order valence-electron chi connectivity index (χ3n) is 3.04. The number of hydrogen-bond donors (Lipinski definition) is 2. The van der Waals surface area contributed by atoms with Gasteiger partial charge in [0.25, 0.3) is 0 Å². The Kier molecular flexibility index (Phi) is 2.51. The van der Waals surface area contributed by atoms with Crippen molar-refractivity contribution in [2.45, 2.75) is 18.9 Å². The Labute approximate surface area is 77.9 Å². The molecule has 2 atom stereocenters. The molecule has 2 aliphatic rings. The van der Waals surface area contributed by atoms with Gasteiger partial charge < -0.3 is 10.4 Å². The second-order valence-corrected chi connectivity index (χ2v) is 3.93. The Balaban J connectivity index is 1.91. The van der Waals surface area contributed by atoms with Gasteiger partial charge in [-0.05, 0) is 25.3 Å². The lowest BCUT2D eigenvalue weighted by Gasteiger charge is -2.20. The summed E-state index contributed by atoms with van der Waals surface area (Å²) in [7, 11) is 0. The van der Waals surface area contributed by atoms with Gasteiger partial charge in [-0.3, -0.25) is 9.69 Å². The molecule has 4 nitrogen and oxygen atoms in total. The number of aliphatic hydroxyl groups excluding tert-OH is 1. The molecule has 0 radical (unpaired) electrons. The highest BCUT2D eigenvalue weighted by Gasteiger charge is 2.34. The van der Waals surface area contributed by atoms with E-state index < -0.39 is 0 Å². The first-order valence-electron chi connectivity index (χ1n) is 4.94. The summed E-state index contributed by atoms with van der Waals surface area (Å²) >= 11 is 0. The van der Waals surface area contributed by atoms with Crippen molar-refractivity contribution in [1.82, 2.24) is 10.2 Å². The summed E-state index contributed by atoms with van der Waals surface area (Å²) in [4.78, 5) is 13.5. The molecular formula is C9H16N2O2. The molecule has 2 fully saturated rings. The maximum Gasteiger partial charge on any atom is 0.237 e. The average molecular weight is 184 g/mol. The average Bonchev–Trinajstić information content (AvgIpc) is 2.71. The van der Waals surface area contributed by atoms with Crippen LogP contribution in [0.3, 0.4) is 0 Å². The van der Waals surface area contributed by atoms with Crippen LogP contribution in [0.5, 0.6) is 0 Å². The number of carbonyl (C=O) groups excluding carboxylic acids is 1. The van der Waals surface area contributed by atoms with E-state index in [9.17, 15) is 4.79 Å². The van der Waals surface area contributed by atoms with Crippen LogP contribution >= 0.6 is 0 Å². The van der Waals surface area contributed by atoms with E-state index in [1.54, 1.807) is 0 Å². The Morgan fingerprint density at radius 1 is 1.54 bits per heavy atom. The van der Waals surface area contributed by atoms with Gasteiger partial charge in [0, 0.05) is 19.7 Å². The molecule has 2 rings (SSSR count). The monoisotopic (exact) mass is 184 g/mol. The number of likely N-dealkylation sites (tertiary alicyclic amines) is 1. The van der Waals surface area contributed by atoms with Gasteiger partial charge in [-0.2, -0.15) is 0 Å². The Morgan fingerprint density at radius 2 is 2.38 bits per heavy atom. The summed E-state index contributed by atoms with van der Waals surface area (Å²) in [5.41, 5.74) is 0. The van der Waals surface area contributed by atoms with Crippen molar-refractivity contribution in [1.29, 1.82) is 0 Å². The number of nitrogens with one attached hydrogen (secondary N) is 1. The van der Waals surface area contributed by atoms with Gasteiger partial charge in [0.1, 0.15) is 0 Å². The second-order valence-electron chi connectivity index (χ2n) is 3.93. The maximum atomic E-state index is 11.3. The fourth-order valence-corrected chi connectivity index (χ4v) is 2.22. The fourth-order valence-electron chi connectivity index (χ4n) is 2.22. The molecule has 1 unspecified atom stereocenters. The number of amides is 1. The van der Waals surface area contributed by atoms with Crippen LogP contribution in [0.2, 0.25) is 0 Å². The van der Waals surface area contributed by atoms with Crippen LogP contribution in [-0.2, 0) is 4.79 Å². The molecule has 0 aromatic heterocycles. The van der Waals surface area contributed by atoms with E-state index in [4.69, 9.17) is 5.11 Å². The van der Waals surface area contributed by atoms with Gasteiger partial charge in [0.05, 0.1) is 6.04 Å². The lowest BCUT2D eigenvalue weighted by atomic mass is 10.1. The van der Waals surface area contributed by atoms with Crippen LogP contribution in [0.1, 0.15) is 12.8 Å². The SMILES string of the molecule is O=C1NCCC1N1CC[C@@H](CO)C1. The molecule has 2 saturated heterocycles. The van der Waals surface area contributed by atoms with Crippen LogP contribution < -0.4 is 5.32 Å². The highest BCUT2D eigenvalue weighted by Crippen LogP contribution is 2.21. The topological polar surface area (TPSA) is 52.6 Å². The van der Waals surface area contributed by atoms with Crippen LogP contribution in [-0.4, -0.2) is 48.2 Å². The molecule has 2 N–H and O–H groups in total. The van der Waals surface area contributed by atoms with Crippen molar-refractivity contribution in [2.75, 3.05) is 26.2 Å². The van der Waals surface area contributed by atoms with Crippen molar-refractivity contribution in [3.05, 3.63) is 0 Å². The Morgan fingerprint density at radius 3 is 2.92 bits per heavy atom. The standard InChI is InChI=1S/C9H16N2O2/c12-6-7-2-4-11(5-7)8-1-3-10-9(8)13/h7-8,12H,1-6H2,(H,10,13)/t7-,8?/m1/s1. The fraction of sp³-hybridized carbons (Fsp3) is 0.889. The lowest BCUT2D eigenvalue weighted by Crippen LogP contribution is -2.39. The third kappa shape index (κ3) is 1.69. The van der Waals surface area contributed by atoms with Crippen molar-refractivity contribution >= 4 is 5.91 Å². The molecule has 1 amide bonds. The van der Waals surface area contributed by atoms with E-state index in [2.05, 4.69) is 10.2 Å². The quantitative estimate of drug-likeness (QED) is 0.590. The first-order chi connectivity index (χ1) is 6.31. The number of carbonyl (C=O) groups is 1. The minimum Gasteiger partial charge on any atom is -0.396 e. The first kappa shape index (κ1) is 8.97. The molecule has 0 aromatic rings. The van der Waals surface area contributed by atoms with E-state index >= 15 is 0 Å².